The zero-order valence-corrected chi connectivity index (χ0v) is 43.3. The molecule has 1 aliphatic heterocycles. The molecule has 1 aromatic carbocycles. The van der Waals surface area contributed by atoms with Gasteiger partial charge in [0, 0.05) is 31.1 Å². The summed E-state index contributed by atoms with van der Waals surface area (Å²) in [5.74, 6) is -8.31. The molecule has 1 aliphatic rings. The zero-order chi connectivity index (χ0) is 56.0. The molecule has 21 N–H and O–H groups in total. The topological polar surface area (TPSA) is 460 Å². The average Bonchev–Trinajstić information content (AvgIpc) is 3.88. The highest BCUT2D eigenvalue weighted by atomic mass is 35.5. The Bertz CT molecular complexity index is 2170. The number of carbonyl (C=O) groups excluding carboxylic acids is 8. The predicted octanol–water partition coefficient (Wildman–Crippen LogP) is -4.22. The number of aliphatic hydroxyl groups is 1. The van der Waals surface area contributed by atoms with Gasteiger partial charge in [-0.2, -0.15) is 0 Å². The van der Waals surface area contributed by atoms with E-state index in [9.17, 15) is 53.4 Å². The van der Waals surface area contributed by atoms with Gasteiger partial charge in [0.15, 0.2) is 5.96 Å². The summed E-state index contributed by atoms with van der Waals surface area (Å²) in [6, 6.07) is -0.924. The SMILES string of the molecule is CN[C@@H](CCCCN)C(=O)N[C@H](C(=O)N[C@@H](C)C(=O)NCC(=O)/N=C(\CCCN)C(=O)N1CCC[C@H]1C(=O)N[C@@H](Cc1ccc(Cl)cc1)C(=O)N[C@@H](CCCCN)C(=O)N/C(=C\CCNC(=N)N)C(=O)O)[C@@H](O)CN. The second kappa shape index (κ2) is 34.8. The summed E-state index contributed by atoms with van der Waals surface area (Å²) in [6.45, 7) is 1.13. The van der Waals surface area contributed by atoms with E-state index in [2.05, 4.69) is 47.5 Å². The summed E-state index contributed by atoms with van der Waals surface area (Å²) >= 11 is 6.12. The maximum atomic E-state index is 14.2. The number of likely N-dealkylation sites (tertiary alicyclic amines) is 1. The molecule has 1 saturated heterocycles. The molecular weight excluding hydrogens is 1000 g/mol. The number of nitrogens with two attached hydrogens (primary N) is 5. The van der Waals surface area contributed by atoms with Crippen LogP contribution >= 0.6 is 11.6 Å². The van der Waals surface area contributed by atoms with E-state index in [4.69, 9.17) is 45.7 Å². The van der Waals surface area contributed by atoms with E-state index in [1.807, 2.05) is 0 Å². The van der Waals surface area contributed by atoms with Crippen LogP contribution < -0.4 is 71.2 Å². The fourth-order valence-corrected chi connectivity index (χ4v) is 7.76. The number of benzene rings is 1. The molecule has 27 nitrogen and oxygen atoms in total. The molecule has 0 saturated carbocycles. The summed E-state index contributed by atoms with van der Waals surface area (Å²) in [5, 5.41) is 48.3. The van der Waals surface area contributed by atoms with E-state index in [0.29, 0.717) is 55.7 Å². The number of likely N-dealkylation sites (N-methyl/N-ethyl adjacent to an activating group) is 1. The summed E-state index contributed by atoms with van der Waals surface area (Å²) in [5.41, 5.74) is 27.7. The fraction of sp³-hybridized carbons (Fsp3) is 0.596. The van der Waals surface area contributed by atoms with Crippen LogP contribution in [-0.2, 0) is 49.6 Å². The van der Waals surface area contributed by atoms with E-state index < -0.39 is 114 Å². The lowest BCUT2D eigenvalue weighted by molar-refractivity contribution is -0.137. The van der Waals surface area contributed by atoms with Crippen LogP contribution in [0.1, 0.15) is 83.1 Å². The number of guanidine groups is 1. The summed E-state index contributed by atoms with van der Waals surface area (Å²) < 4.78 is 0. The van der Waals surface area contributed by atoms with Gasteiger partial charge < -0.3 is 86.3 Å². The van der Waals surface area contributed by atoms with E-state index >= 15 is 0 Å². The maximum absolute atomic E-state index is 14.2. The summed E-state index contributed by atoms with van der Waals surface area (Å²) in [4.78, 5) is 126. The third-order valence-corrected chi connectivity index (χ3v) is 12.0. The molecule has 0 radical (unpaired) electrons. The number of aliphatic carboxylic acids is 1. The second-order valence-corrected chi connectivity index (χ2v) is 18.1. The second-order valence-electron chi connectivity index (χ2n) is 17.6. The number of halogens is 1. The lowest BCUT2D eigenvalue weighted by Crippen LogP contribution is -2.60. The van der Waals surface area contributed by atoms with Crippen molar-refractivity contribution in [3.05, 3.63) is 46.6 Å². The van der Waals surface area contributed by atoms with E-state index in [1.165, 1.54) is 17.9 Å². The van der Waals surface area contributed by atoms with Gasteiger partial charge in [-0.15, -0.1) is 0 Å². The van der Waals surface area contributed by atoms with Crippen molar-refractivity contribution >= 4 is 76.5 Å². The number of aliphatic imine (C=N–C) groups is 1. The van der Waals surface area contributed by atoms with Crippen molar-refractivity contribution in [2.75, 3.05) is 52.9 Å². The molecule has 0 unspecified atom stereocenters. The molecule has 0 spiro atoms. The van der Waals surface area contributed by atoms with Crippen LogP contribution in [0.25, 0.3) is 0 Å². The van der Waals surface area contributed by atoms with Crippen LogP contribution in [0, 0.1) is 5.41 Å². The number of carboxylic acid groups (broad SMARTS) is 1. The van der Waals surface area contributed by atoms with Crippen LogP contribution in [-0.4, -0.2) is 175 Å². The number of hydrogen-bond acceptors (Lipinski definition) is 16. The minimum absolute atomic E-state index is 0.0408. The van der Waals surface area contributed by atoms with Crippen molar-refractivity contribution in [3.63, 3.8) is 0 Å². The van der Waals surface area contributed by atoms with Gasteiger partial charge in [-0.05, 0) is 116 Å². The number of rotatable bonds is 34. The number of unbranched alkanes of at least 4 members (excludes halogenated alkanes) is 2. The quantitative estimate of drug-likeness (QED) is 0.0135. The maximum Gasteiger partial charge on any atom is 0.352 e. The van der Waals surface area contributed by atoms with Gasteiger partial charge in [-0.3, -0.25) is 43.8 Å². The Labute approximate surface area is 440 Å². The third-order valence-electron chi connectivity index (χ3n) is 11.8. The minimum atomic E-state index is -1.53. The first-order valence-corrected chi connectivity index (χ1v) is 25.2. The lowest BCUT2D eigenvalue weighted by Gasteiger charge is -2.28. The van der Waals surface area contributed by atoms with Crippen molar-refractivity contribution < 1.29 is 53.4 Å². The van der Waals surface area contributed by atoms with E-state index in [1.54, 1.807) is 31.3 Å². The number of hydrogen-bond donors (Lipinski definition) is 16. The number of aliphatic hydroxyl groups excluding tert-OH is 1. The highest BCUT2D eigenvalue weighted by Gasteiger charge is 2.38. The van der Waals surface area contributed by atoms with Gasteiger partial charge in [0.1, 0.15) is 41.6 Å². The molecule has 8 amide bonds. The molecular formula is C47H77ClN16O11. The molecule has 1 fully saturated rings. The molecule has 418 valence electrons. The number of nitrogens with one attached hydrogen (secondary N) is 9. The highest BCUT2D eigenvalue weighted by molar-refractivity contribution is 6.40. The van der Waals surface area contributed by atoms with Crippen LogP contribution in [0.2, 0.25) is 5.02 Å². The van der Waals surface area contributed by atoms with Crippen molar-refractivity contribution in [3.8, 4) is 0 Å². The van der Waals surface area contributed by atoms with Gasteiger partial charge >= 0.3 is 5.97 Å². The van der Waals surface area contributed by atoms with Gasteiger partial charge in [-0.1, -0.05) is 36.2 Å². The zero-order valence-electron chi connectivity index (χ0n) is 42.6. The Morgan fingerprint density at radius 3 is 2.03 bits per heavy atom. The summed E-state index contributed by atoms with van der Waals surface area (Å²) in [7, 11) is 1.56. The predicted molar refractivity (Wildman–Crippen MR) is 279 cm³/mol. The molecule has 75 heavy (non-hydrogen) atoms. The van der Waals surface area contributed by atoms with Crippen LogP contribution in [0.5, 0.6) is 0 Å². The third kappa shape index (κ3) is 23.2. The summed E-state index contributed by atoms with van der Waals surface area (Å²) in [6.07, 6.45) is 2.82. The monoisotopic (exact) mass is 1080 g/mol. The fourth-order valence-electron chi connectivity index (χ4n) is 7.63. The standard InChI is InChI=1S/C47H77ClN16O11/c1-27(58-44(72)38(36(65)25-52)63-40(68)30(55-2)10-3-5-19-49)39(67)57-26-37(66)59-32(12-7-21-51)45(73)64-23-9-14-35(64)43(71)62-34(24-28-15-17-29(48)18-16-28)42(70)60-31(11-4-6-20-50)41(69)61-33(46(74)75)13-8-22-56-47(53)54/h13,15-18,27,30-31,34-36,38,55,65H,3-12,14,19-26,49-52H2,1-2H3,(H,57,67)(H,58,72)(H,60,70)(H,61,69)(H,62,71)(H,63,68)(H,74,75)(H4,53,54,56)/b33-13-,59-32+/t27-,30-,31-,34-,35-,36-,38-/m0/s1. The Balaban J connectivity index is 2.30. The van der Waals surface area contributed by atoms with Gasteiger partial charge in [0.2, 0.25) is 35.4 Å². The molecule has 2 rings (SSSR count). The Morgan fingerprint density at radius 2 is 1.44 bits per heavy atom. The average molecular weight is 1080 g/mol. The van der Waals surface area contributed by atoms with Gasteiger partial charge in [0.25, 0.3) is 11.8 Å². The Hall–Kier alpha value is -6.62. The number of carboxylic acids is 1. The highest BCUT2D eigenvalue weighted by Crippen LogP contribution is 2.20. The van der Waals surface area contributed by atoms with Crippen molar-refractivity contribution in [1.82, 2.24) is 47.4 Å². The Morgan fingerprint density at radius 1 is 0.813 bits per heavy atom. The van der Waals surface area contributed by atoms with E-state index in [0.717, 1.165) is 0 Å². The first-order valence-electron chi connectivity index (χ1n) is 24.8. The van der Waals surface area contributed by atoms with Crippen molar-refractivity contribution in [2.24, 2.45) is 33.7 Å². The molecule has 7 atom stereocenters. The normalized spacial score (nSPS) is 16.0. The van der Waals surface area contributed by atoms with Gasteiger partial charge in [0.05, 0.1) is 18.7 Å². The molecule has 0 aromatic heterocycles. The molecule has 1 heterocycles. The number of amides is 8. The lowest BCUT2D eigenvalue weighted by atomic mass is 10.0. The van der Waals surface area contributed by atoms with Crippen LogP contribution in [0.4, 0.5) is 0 Å². The first-order chi connectivity index (χ1) is 35.7. The number of nitrogens with zero attached hydrogens (tertiary/aromatic N) is 2. The Kier molecular flexibility index (Phi) is 29.9. The van der Waals surface area contributed by atoms with Crippen molar-refractivity contribution in [1.29, 1.82) is 5.41 Å². The van der Waals surface area contributed by atoms with Crippen LogP contribution in [0.15, 0.2) is 41.0 Å². The van der Waals surface area contributed by atoms with Crippen molar-refractivity contribution in [2.45, 2.75) is 126 Å². The molecule has 1 aromatic rings. The first kappa shape index (κ1) is 64.5. The molecule has 0 aliphatic carbocycles. The van der Waals surface area contributed by atoms with Crippen LogP contribution in [0.3, 0.4) is 0 Å². The largest absolute Gasteiger partial charge is 0.477 e. The van der Waals surface area contributed by atoms with Gasteiger partial charge in [-0.25, -0.2) is 9.79 Å². The smallest absolute Gasteiger partial charge is 0.352 e. The minimum Gasteiger partial charge on any atom is -0.477 e. The molecule has 28 heteroatoms. The van der Waals surface area contributed by atoms with E-state index in [-0.39, 0.29) is 76.4 Å². The molecule has 0 bridgehead atoms. The number of carbonyl (C=O) groups is 9.